The van der Waals surface area contributed by atoms with Crippen molar-refractivity contribution in [3.05, 3.63) is 66.4 Å². The molecule has 2 saturated heterocycles. The molecule has 2 aliphatic heterocycles. The van der Waals surface area contributed by atoms with Crippen molar-refractivity contribution in [3.8, 4) is 0 Å². The van der Waals surface area contributed by atoms with Crippen molar-refractivity contribution >= 4 is 17.2 Å². The zero-order valence-corrected chi connectivity index (χ0v) is 18.4. The minimum absolute atomic E-state index is 0.152. The van der Waals surface area contributed by atoms with Crippen LogP contribution in [-0.2, 0) is 11.2 Å². The van der Waals surface area contributed by atoms with Gasteiger partial charge in [0.25, 0.3) is 0 Å². The third-order valence-electron chi connectivity index (χ3n) is 6.78. The molecular weight excluding hydrogens is 405 g/mol. The first-order valence-electron chi connectivity index (χ1n) is 11.6. The first-order chi connectivity index (χ1) is 15.7. The fourth-order valence-electron chi connectivity index (χ4n) is 5.02. The van der Waals surface area contributed by atoms with Crippen LogP contribution in [0.15, 0.2) is 54.9 Å². The average molecular weight is 436 g/mol. The second kappa shape index (κ2) is 9.28. The number of nitrogens with zero attached hydrogens (tertiary/aromatic N) is 5. The number of benzene rings is 1. The van der Waals surface area contributed by atoms with Crippen molar-refractivity contribution in [2.24, 2.45) is 0 Å². The molecule has 32 heavy (non-hydrogen) atoms. The number of amides is 1. The molecule has 0 spiro atoms. The second-order valence-electron chi connectivity index (χ2n) is 8.81. The molecule has 2 fully saturated rings. The predicted molar refractivity (Wildman–Crippen MR) is 123 cm³/mol. The van der Waals surface area contributed by atoms with Gasteiger partial charge in [0.1, 0.15) is 11.5 Å². The number of fused-ring (bicyclic) bond motifs is 1. The van der Waals surface area contributed by atoms with E-state index < -0.39 is 0 Å². The molecule has 1 amide bonds. The average Bonchev–Trinajstić information content (AvgIpc) is 3.26. The Balaban J connectivity index is 1.13. The summed E-state index contributed by atoms with van der Waals surface area (Å²) >= 11 is 0. The third kappa shape index (κ3) is 4.48. The van der Waals surface area contributed by atoms with Gasteiger partial charge < -0.3 is 14.2 Å². The summed E-state index contributed by atoms with van der Waals surface area (Å²) in [7, 11) is 0. The lowest BCUT2D eigenvalue weighted by Gasteiger charge is -2.44. The van der Waals surface area contributed by atoms with Crippen LogP contribution < -0.4 is 4.90 Å². The van der Waals surface area contributed by atoms with Crippen molar-refractivity contribution in [1.82, 2.24) is 19.2 Å². The Hall–Kier alpha value is -2.93. The molecule has 7 heteroatoms. The summed E-state index contributed by atoms with van der Waals surface area (Å²) in [5.74, 6) is 0.0674. The SMILES string of the molecule is O=C(CCc1cn2ccccc2n1)N1CCC[C@H](N2CCN(c3ccccc3F)CC2)C1. The van der Waals surface area contributed by atoms with E-state index in [1.54, 1.807) is 6.07 Å². The maximum absolute atomic E-state index is 14.1. The van der Waals surface area contributed by atoms with Gasteiger partial charge in [-0.05, 0) is 43.5 Å². The summed E-state index contributed by atoms with van der Waals surface area (Å²) in [6, 6.07) is 13.3. The maximum Gasteiger partial charge on any atom is 0.223 e. The fourth-order valence-corrected chi connectivity index (χ4v) is 5.02. The van der Waals surface area contributed by atoms with Crippen LogP contribution in [0.3, 0.4) is 0 Å². The number of imidazole rings is 1. The van der Waals surface area contributed by atoms with Gasteiger partial charge in [-0.1, -0.05) is 18.2 Å². The van der Waals surface area contributed by atoms with E-state index in [2.05, 4.69) is 14.8 Å². The smallest absolute Gasteiger partial charge is 0.223 e. The summed E-state index contributed by atoms with van der Waals surface area (Å²) < 4.78 is 16.1. The quantitative estimate of drug-likeness (QED) is 0.617. The fraction of sp³-hybridized carbons (Fsp3) is 0.440. The molecule has 0 saturated carbocycles. The van der Waals surface area contributed by atoms with E-state index in [0.717, 1.165) is 63.5 Å². The molecule has 0 radical (unpaired) electrons. The number of hydrogen-bond donors (Lipinski definition) is 0. The highest BCUT2D eigenvalue weighted by atomic mass is 19.1. The Labute approximate surface area is 188 Å². The van der Waals surface area contributed by atoms with Crippen LogP contribution in [0.2, 0.25) is 0 Å². The van der Waals surface area contributed by atoms with Crippen LogP contribution in [0.4, 0.5) is 10.1 Å². The number of piperazine rings is 1. The molecule has 1 atom stereocenters. The number of halogens is 1. The van der Waals surface area contributed by atoms with Gasteiger partial charge in [-0.25, -0.2) is 9.37 Å². The first-order valence-corrected chi connectivity index (χ1v) is 11.6. The lowest BCUT2D eigenvalue weighted by atomic mass is 10.0. The van der Waals surface area contributed by atoms with Crippen LogP contribution in [0, 0.1) is 5.82 Å². The Morgan fingerprint density at radius 3 is 2.66 bits per heavy atom. The third-order valence-corrected chi connectivity index (χ3v) is 6.78. The lowest BCUT2D eigenvalue weighted by Crippen LogP contribution is -2.56. The van der Waals surface area contributed by atoms with E-state index in [1.165, 1.54) is 6.07 Å². The number of anilines is 1. The standard InChI is InChI=1S/C25H30FN5O/c26-22-7-1-2-8-23(22)29-16-14-28(15-17-29)21-6-5-13-31(19-21)25(32)11-10-20-18-30-12-4-3-9-24(30)27-20/h1-4,7-9,12,18,21H,5-6,10-11,13-17,19H2/t21-/m0/s1. The number of rotatable bonds is 5. The topological polar surface area (TPSA) is 44.1 Å². The van der Waals surface area contributed by atoms with Gasteiger partial charge in [0.05, 0.1) is 11.4 Å². The van der Waals surface area contributed by atoms with Gasteiger partial charge in [-0.3, -0.25) is 9.69 Å². The van der Waals surface area contributed by atoms with Gasteiger partial charge in [-0.2, -0.15) is 0 Å². The van der Waals surface area contributed by atoms with Crippen LogP contribution in [0.1, 0.15) is 25.0 Å². The Morgan fingerprint density at radius 2 is 1.84 bits per heavy atom. The molecule has 0 N–H and O–H groups in total. The van der Waals surface area contributed by atoms with Crippen LogP contribution in [0.5, 0.6) is 0 Å². The van der Waals surface area contributed by atoms with Crippen LogP contribution in [-0.4, -0.2) is 70.4 Å². The van der Waals surface area contributed by atoms with Crippen molar-refractivity contribution in [1.29, 1.82) is 0 Å². The number of pyridine rings is 1. The number of aryl methyl sites for hydroxylation is 1. The van der Waals surface area contributed by atoms with E-state index >= 15 is 0 Å². The van der Waals surface area contributed by atoms with E-state index in [4.69, 9.17) is 0 Å². The first kappa shape index (κ1) is 20.9. The van der Waals surface area contributed by atoms with Gasteiger partial charge in [0, 0.05) is 64.1 Å². The molecule has 2 aromatic heterocycles. The molecule has 4 heterocycles. The summed E-state index contributed by atoms with van der Waals surface area (Å²) in [6.07, 6.45) is 7.32. The van der Waals surface area contributed by atoms with E-state index in [9.17, 15) is 9.18 Å². The number of aromatic nitrogens is 2. The summed E-state index contributed by atoms with van der Waals surface area (Å²) in [5, 5.41) is 0. The summed E-state index contributed by atoms with van der Waals surface area (Å²) in [6.45, 7) is 5.09. The van der Waals surface area contributed by atoms with Gasteiger partial charge in [0.15, 0.2) is 0 Å². The minimum atomic E-state index is -0.152. The monoisotopic (exact) mass is 435 g/mol. The second-order valence-corrected chi connectivity index (χ2v) is 8.81. The van der Waals surface area contributed by atoms with E-state index in [-0.39, 0.29) is 11.7 Å². The maximum atomic E-state index is 14.1. The molecule has 0 bridgehead atoms. The molecule has 5 rings (SSSR count). The number of piperidine rings is 1. The highest BCUT2D eigenvalue weighted by molar-refractivity contribution is 5.76. The van der Waals surface area contributed by atoms with Crippen LogP contribution in [0.25, 0.3) is 5.65 Å². The van der Waals surface area contributed by atoms with E-state index in [1.807, 2.05) is 52.0 Å². The van der Waals surface area contributed by atoms with Crippen molar-refractivity contribution in [2.45, 2.75) is 31.7 Å². The highest BCUT2D eigenvalue weighted by Crippen LogP contribution is 2.23. The molecule has 0 aliphatic carbocycles. The molecule has 1 aromatic carbocycles. The Kier molecular flexibility index (Phi) is 6.08. The largest absolute Gasteiger partial charge is 0.367 e. The number of para-hydroxylation sites is 1. The summed E-state index contributed by atoms with van der Waals surface area (Å²) in [5.41, 5.74) is 2.57. The van der Waals surface area contributed by atoms with E-state index in [0.29, 0.717) is 24.6 Å². The van der Waals surface area contributed by atoms with Crippen molar-refractivity contribution in [3.63, 3.8) is 0 Å². The van der Waals surface area contributed by atoms with Crippen LogP contribution >= 0.6 is 0 Å². The number of hydrogen-bond acceptors (Lipinski definition) is 4. The Morgan fingerprint density at radius 1 is 1.03 bits per heavy atom. The molecule has 3 aromatic rings. The number of carbonyl (C=O) groups is 1. The highest BCUT2D eigenvalue weighted by Gasteiger charge is 2.30. The van der Waals surface area contributed by atoms with Crippen molar-refractivity contribution < 1.29 is 9.18 Å². The van der Waals surface area contributed by atoms with Gasteiger partial charge in [0.2, 0.25) is 5.91 Å². The normalized spacial score (nSPS) is 20.1. The summed E-state index contributed by atoms with van der Waals surface area (Å²) in [4.78, 5) is 24.2. The molecule has 6 nitrogen and oxygen atoms in total. The Bertz CT molecular complexity index is 1040. The molecular formula is C25H30FN5O. The van der Waals surface area contributed by atoms with Gasteiger partial charge in [-0.15, -0.1) is 0 Å². The number of carbonyl (C=O) groups excluding carboxylic acids is 1. The lowest BCUT2D eigenvalue weighted by molar-refractivity contribution is -0.133. The minimum Gasteiger partial charge on any atom is -0.367 e. The zero-order chi connectivity index (χ0) is 21.9. The number of likely N-dealkylation sites (tertiary alicyclic amines) is 1. The van der Waals surface area contributed by atoms with Gasteiger partial charge >= 0.3 is 0 Å². The van der Waals surface area contributed by atoms with Crippen molar-refractivity contribution in [2.75, 3.05) is 44.2 Å². The predicted octanol–water partition coefficient (Wildman–Crippen LogP) is 3.22. The zero-order valence-electron chi connectivity index (χ0n) is 18.4. The molecule has 168 valence electrons. The molecule has 0 unspecified atom stereocenters. The molecule has 2 aliphatic rings.